The first-order valence-electron chi connectivity index (χ1n) is 6.99. The minimum absolute atomic E-state index is 0.626. The molecule has 1 atom stereocenters. The number of piperidine rings is 1. The molecule has 0 aliphatic carbocycles. The number of benzene rings is 1. The fraction of sp³-hybridized carbons (Fsp3) is 0.467. The maximum absolute atomic E-state index is 4.15. The van der Waals surface area contributed by atoms with Crippen molar-refractivity contribution in [1.82, 2.24) is 15.1 Å². The first-order valence-corrected chi connectivity index (χ1v) is 6.99. The molecular formula is C15H20N4. The van der Waals surface area contributed by atoms with Crippen LogP contribution >= 0.6 is 0 Å². The zero-order valence-corrected chi connectivity index (χ0v) is 11.3. The summed E-state index contributed by atoms with van der Waals surface area (Å²) in [7, 11) is 2.22. The van der Waals surface area contributed by atoms with Gasteiger partial charge < -0.3 is 10.2 Å². The van der Waals surface area contributed by atoms with Gasteiger partial charge in [0.15, 0.2) is 0 Å². The van der Waals surface area contributed by atoms with E-state index in [4.69, 9.17) is 0 Å². The van der Waals surface area contributed by atoms with E-state index in [1.807, 2.05) is 24.4 Å². The topological polar surface area (TPSA) is 41.0 Å². The molecule has 1 aliphatic heterocycles. The van der Waals surface area contributed by atoms with Crippen molar-refractivity contribution >= 4 is 16.6 Å². The SMILES string of the molecule is CN1CCCCC1CNc1cnnc2ccccc12. The lowest BCUT2D eigenvalue weighted by atomic mass is 10.0. The van der Waals surface area contributed by atoms with E-state index in [1.54, 1.807) is 0 Å². The Morgan fingerprint density at radius 1 is 1.32 bits per heavy atom. The van der Waals surface area contributed by atoms with E-state index in [0.717, 1.165) is 23.1 Å². The molecule has 0 spiro atoms. The van der Waals surface area contributed by atoms with Crippen LogP contribution in [-0.2, 0) is 0 Å². The van der Waals surface area contributed by atoms with Gasteiger partial charge in [-0.15, -0.1) is 0 Å². The van der Waals surface area contributed by atoms with Gasteiger partial charge in [-0.05, 0) is 32.5 Å². The highest BCUT2D eigenvalue weighted by atomic mass is 15.2. The van der Waals surface area contributed by atoms with E-state index in [0.29, 0.717) is 6.04 Å². The summed E-state index contributed by atoms with van der Waals surface area (Å²) < 4.78 is 0. The molecule has 100 valence electrons. The van der Waals surface area contributed by atoms with E-state index in [-0.39, 0.29) is 0 Å². The van der Waals surface area contributed by atoms with Crippen LogP contribution < -0.4 is 5.32 Å². The van der Waals surface area contributed by atoms with Crippen molar-refractivity contribution in [2.24, 2.45) is 0 Å². The number of likely N-dealkylation sites (tertiary alicyclic amines) is 1. The third-order valence-corrected chi connectivity index (χ3v) is 4.00. The van der Waals surface area contributed by atoms with Crippen molar-refractivity contribution < 1.29 is 0 Å². The third kappa shape index (κ3) is 2.68. The quantitative estimate of drug-likeness (QED) is 0.916. The first kappa shape index (κ1) is 12.4. The normalized spacial score (nSPS) is 20.6. The number of anilines is 1. The smallest absolute Gasteiger partial charge is 0.0950 e. The summed E-state index contributed by atoms with van der Waals surface area (Å²) in [6.45, 7) is 2.19. The molecule has 2 aromatic rings. The maximum Gasteiger partial charge on any atom is 0.0950 e. The Labute approximate surface area is 113 Å². The molecule has 1 aromatic carbocycles. The summed E-state index contributed by atoms with van der Waals surface area (Å²) in [5.74, 6) is 0. The molecule has 1 fully saturated rings. The summed E-state index contributed by atoms with van der Waals surface area (Å²) in [5.41, 5.74) is 2.04. The molecule has 2 heterocycles. The number of hydrogen-bond donors (Lipinski definition) is 1. The molecule has 0 bridgehead atoms. The zero-order chi connectivity index (χ0) is 13.1. The summed E-state index contributed by atoms with van der Waals surface area (Å²) in [6, 6.07) is 8.76. The molecule has 1 N–H and O–H groups in total. The van der Waals surface area contributed by atoms with Crippen LogP contribution in [0.25, 0.3) is 10.9 Å². The number of hydrogen-bond acceptors (Lipinski definition) is 4. The number of likely N-dealkylation sites (N-methyl/N-ethyl adjacent to an activating group) is 1. The molecule has 4 heteroatoms. The molecule has 0 radical (unpaired) electrons. The summed E-state index contributed by atoms with van der Waals surface area (Å²) in [6.07, 6.45) is 5.77. The van der Waals surface area contributed by atoms with Gasteiger partial charge in [0, 0.05) is 18.0 Å². The molecule has 1 saturated heterocycles. The molecular weight excluding hydrogens is 236 g/mol. The van der Waals surface area contributed by atoms with Gasteiger partial charge in [0.1, 0.15) is 0 Å². The average Bonchev–Trinajstić information content (AvgIpc) is 2.46. The summed E-state index contributed by atoms with van der Waals surface area (Å²) >= 11 is 0. The van der Waals surface area contributed by atoms with Gasteiger partial charge in [-0.1, -0.05) is 24.6 Å². The van der Waals surface area contributed by atoms with Crippen molar-refractivity contribution in [2.45, 2.75) is 25.3 Å². The maximum atomic E-state index is 4.15. The Balaban J connectivity index is 1.74. The van der Waals surface area contributed by atoms with Gasteiger partial charge in [-0.25, -0.2) is 0 Å². The lowest BCUT2D eigenvalue weighted by Gasteiger charge is -2.32. The highest BCUT2D eigenvalue weighted by Crippen LogP contribution is 2.21. The van der Waals surface area contributed by atoms with Gasteiger partial charge in [0.05, 0.1) is 17.4 Å². The number of fused-ring (bicyclic) bond motifs is 1. The second-order valence-electron chi connectivity index (χ2n) is 5.29. The van der Waals surface area contributed by atoms with Gasteiger partial charge in [0.2, 0.25) is 0 Å². The summed E-state index contributed by atoms with van der Waals surface area (Å²) in [5, 5.41) is 12.9. The molecule has 4 nitrogen and oxygen atoms in total. The lowest BCUT2D eigenvalue weighted by molar-refractivity contribution is 0.194. The van der Waals surface area contributed by atoms with Crippen LogP contribution in [0.15, 0.2) is 30.5 Å². The van der Waals surface area contributed by atoms with Gasteiger partial charge in [-0.3, -0.25) is 0 Å². The predicted octanol–water partition coefficient (Wildman–Crippen LogP) is 2.53. The van der Waals surface area contributed by atoms with Crippen LogP contribution in [0.5, 0.6) is 0 Å². The van der Waals surface area contributed by atoms with Crippen molar-refractivity contribution in [1.29, 1.82) is 0 Å². The van der Waals surface area contributed by atoms with E-state index in [9.17, 15) is 0 Å². The number of rotatable bonds is 3. The van der Waals surface area contributed by atoms with Crippen molar-refractivity contribution in [3.8, 4) is 0 Å². The third-order valence-electron chi connectivity index (χ3n) is 4.00. The number of nitrogens with one attached hydrogen (secondary N) is 1. The molecule has 1 aromatic heterocycles. The molecule has 1 aliphatic rings. The van der Waals surface area contributed by atoms with Crippen LogP contribution in [0, 0.1) is 0 Å². The van der Waals surface area contributed by atoms with Gasteiger partial charge >= 0.3 is 0 Å². The fourth-order valence-corrected chi connectivity index (χ4v) is 2.78. The van der Waals surface area contributed by atoms with Crippen molar-refractivity contribution in [2.75, 3.05) is 25.5 Å². The van der Waals surface area contributed by atoms with Crippen molar-refractivity contribution in [3.63, 3.8) is 0 Å². The fourth-order valence-electron chi connectivity index (χ4n) is 2.78. The predicted molar refractivity (Wildman–Crippen MR) is 78.3 cm³/mol. The largest absolute Gasteiger partial charge is 0.382 e. The Bertz CT molecular complexity index is 549. The monoisotopic (exact) mass is 256 g/mol. The minimum atomic E-state index is 0.626. The number of nitrogens with zero attached hydrogens (tertiary/aromatic N) is 3. The van der Waals surface area contributed by atoms with Crippen molar-refractivity contribution in [3.05, 3.63) is 30.5 Å². The van der Waals surface area contributed by atoms with Gasteiger partial charge in [0.25, 0.3) is 0 Å². The van der Waals surface area contributed by atoms with Crippen LogP contribution in [0.2, 0.25) is 0 Å². The molecule has 0 saturated carbocycles. The highest BCUT2D eigenvalue weighted by Gasteiger charge is 2.18. The van der Waals surface area contributed by atoms with Gasteiger partial charge in [-0.2, -0.15) is 10.2 Å². The Morgan fingerprint density at radius 3 is 3.11 bits per heavy atom. The zero-order valence-electron chi connectivity index (χ0n) is 11.3. The van der Waals surface area contributed by atoms with E-state index >= 15 is 0 Å². The van der Waals surface area contributed by atoms with Crippen LogP contribution in [0.4, 0.5) is 5.69 Å². The average molecular weight is 256 g/mol. The summed E-state index contributed by atoms with van der Waals surface area (Å²) in [4.78, 5) is 2.45. The standard InChI is InChI=1S/C15H20N4/c1-19-9-5-4-6-12(19)10-16-15-11-17-18-14-8-3-2-7-13(14)15/h2-3,7-8,11-12H,4-6,9-10H2,1H3,(H,16,18). The molecule has 3 rings (SSSR count). The second-order valence-corrected chi connectivity index (χ2v) is 5.29. The van der Waals surface area contributed by atoms with E-state index in [1.165, 1.54) is 25.8 Å². The second kappa shape index (κ2) is 5.53. The van der Waals surface area contributed by atoms with Crippen LogP contribution in [0.3, 0.4) is 0 Å². The first-order chi connectivity index (χ1) is 9.34. The lowest BCUT2D eigenvalue weighted by Crippen LogP contribution is -2.40. The minimum Gasteiger partial charge on any atom is -0.382 e. The molecule has 1 unspecified atom stereocenters. The Morgan fingerprint density at radius 2 is 2.21 bits per heavy atom. The number of aromatic nitrogens is 2. The van der Waals surface area contributed by atoms with Crippen LogP contribution in [-0.4, -0.2) is 41.3 Å². The van der Waals surface area contributed by atoms with E-state index in [2.05, 4.69) is 33.5 Å². The molecule has 0 amide bonds. The molecule has 19 heavy (non-hydrogen) atoms. The van der Waals surface area contributed by atoms with E-state index < -0.39 is 0 Å². The Hall–Kier alpha value is -1.68. The van der Waals surface area contributed by atoms with Crippen LogP contribution in [0.1, 0.15) is 19.3 Å². The highest BCUT2D eigenvalue weighted by molar-refractivity contribution is 5.90. The Kier molecular flexibility index (Phi) is 3.60.